The van der Waals surface area contributed by atoms with Gasteiger partial charge in [0.15, 0.2) is 0 Å². The van der Waals surface area contributed by atoms with E-state index < -0.39 is 23.7 Å². The third-order valence-corrected chi connectivity index (χ3v) is 12.1. The Morgan fingerprint density at radius 3 is 1.79 bits per heavy atom. The van der Waals surface area contributed by atoms with Crippen LogP contribution in [-0.4, -0.2) is 22.9 Å². The van der Waals surface area contributed by atoms with E-state index >= 15 is 0 Å². The standard InChI is InChI=1S/C49H40BNO2/c1-47(2)48(3,4)53-50(52-47)37-21-15-16-33(30-37)34-26-28-42-41-23-12-14-25-45(41)51(46(42)31-34)38-27-29-40-39-22-11-13-24-43(39)49(44(40)32-38,35-17-7-5-8-18-35)36-19-9-6-10-20-36/h5-32H,1-4H3. The van der Waals surface area contributed by atoms with Crippen molar-refractivity contribution in [2.75, 3.05) is 0 Å². The van der Waals surface area contributed by atoms with Crippen LogP contribution in [0.3, 0.4) is 0 Å². The number of benzene rings is 7. The Hall–Kier alpha value is -5.68. The SMILES string of the molecule is CC1(C)OB(c2cccc(-c3ccc4c5ccccc5n(-c5ccc6c(c5)C(c5ccccc5)(c5ccccc5)c5ccccc5-6)c4c3)c2)OC1(C)C. The number of aromatic nitrogens is 1. The van der Waals surface area contributed by atoms with Gasteiger partial charge in [0.25, 0.3) is 0 Å². The Morgan fingerprint density at radius 2 is 1.06 bits per heavy atom. The van der Waals surface area contributed by atoms with Crippen LogP contribution in [-0.2, 0) is 14.7 Å². The minimum atomic E-state index is -0.470. The lowest BCUT2D eigenvalue weighted by Gasteiger charge is -2.34. The van der Waals surface area contributed by atoms with Gasteiger partial charge in [0.1, 0.15) is 0 Å². The third kappa shape index (κ3) is 4.69. The van der Waals surface area contributed by atoms with Crippen molar-refractivity contribution in [3.05, 3.63) is 192 Å². The quantitative estimate of drug-likeness (QED) is 0.168. The molecule has 1 aliphatic carbocycles. The molecule has 53 heavy (non-hydrogen) atoms. The molecule has 1 saturated heterocycles. The molecule has 8 aromatic rings. The molecule has 0 unspecified atom stereocenters. The number of hydrogen-bond acceptors (Lipinski definition) is 2. The summed E-state index contributed by atoms with van der Waals surface area (Å²) < 4.78 is 15.3. The largest absolute Gasteiger partial charge is 0.494 e. The molecular weight excluding hydrogens is 645 g/mol. The summed E-state index contributed by atoms with van der Waals surface area (Å²) in [5.74, 6) is 0. The Labute approximate surface area is 311 Å². The van der Waals surface area contributed by atoms with Crippen molar-refractivity contribution in [1.29, 1.82) is 0 Å². The first-order chi connectivity index (χ1) is 25.8. The minimum Gasteiger partial charge on any atom is -0.399 e. The van der Waals surface area contributed by atoms with Crippen LogP contribution < -0.4 is 5.46 Å². The van der Waals surface area contributed by atoms with E-state index in [0.717, 1.165) is 22.3 Å². The molecule has 4 heteroatoms. The Kier molecular flexibility index (Phi) is 7.05. The highest BCUT2D eigenvalue weighted by atomic mass is 16.7. The van der Waals surface area contributed by atoms with Gasteiger partial charge in [-0.2, -0.15) is 0 Å². The van der Waals surface area contributed by atoms with Gasteiger partial charge in [0.05, 0.1) is 27.7 Å². The van der Waals surface area contributed by atoms with E-state index in [4.69, 9.17) is 9.31 Å². The van der Waals surface area contributed by atoms with Crippen molar-refractivity contribution < 1.29 is 9.31 Å². The second kappa shape index (κ2) is 11.7. The Bertz CT molecular complexity index is 2640. The van der Waals surface area contributed by atoms with Crippen molar-refractivity contribution in [3.8, 4) is 27.9 Å². The number of para-hydroxylation sites is 1. The fraction of sp³-hybridized carbons (Fsp3) is 0.143. The van der Waals surface area contributed by atoms with Crippen LogP contribution in [0.15, 0.2) is 170 Å². The summed E-state index contributed by atoms with van der Waals surface area (Å²) >= 11 is 0. The van der Waals surface area contributed by atoms with Crippen molar-refractivity contribution in [3.63, 3.8) is 0 Å². The predicted molar refractivity (Wildman–Crippen MR) is 219 cm³/mol. The highest BCUT2D eigenvalue weighted by Crippen LogP contribution is 2.56. The van der Waals surface area contributed by atoms with Crippen molar-refractivity contribution in [2.24, 2.45) is 0 Å². The Balaban J connectivity index is 1.18. The second-order valence-corrected chi connectivity index (χ2v) is 15.6. The average molecular weight is 686 g/mol. The number of rotatable bonds is 5. The summed E-state index contributed by atoms with van der Waals surface area (Å²) in [6.07, 6.45) is 0. The zero-order valence-corrected chi connectivity index (χ0v) is 30.5. The third-order valence-electron chi connectivity index (χ3n) is 12.1. The summed E-state index contributed by atoms with van der Waals surface area (Å²) in [6.45, 7) is 8.41. The molecule has 0 N–H and O–H groups in total. The molecule has 0 bridgehead atoms. The fourth-order valence-electron chi connectivity index (χ4n) is 8.84. The molecule has 2 heterocycles. The smallest absolute Gasteiger partial charge is 0.399 e. The number of nitrogens with zero attached hydrogens (tertiary/aromatic N) is 1. The number of fused-ring (bicyclic) bond motifs is 6. The van der Waals surface area contributed by atoms with E-state index in [-0.39, 0.29) is 0 Å². The molecule has 1 aliphatic heterocycles. The zero-order chi connectivity index (χ0) is 36.0. The van der Waals surface area contributed by atoms with E-state index in [9.17, 15) is 0 Å². The van der Waals surface area contributed by atoms with Crippen molar-refractivity contribution >= 4 is 34.4 Å². The highest BCUT2D eigenvalue weighted by molar-refractivity contribution is 6.62. The summed E-state index contributed by atoms with van der Waals surface area (Å²) in [6, 6.07) is 62.4. The molecule has 2 aliphatic rings. The lowest BCUT2D eigenvalue weighted by atomic mass is 9.67. The summed E-state index contributed by atoms with van der Waals surface area (Å²) in [5.41, 5.74) is 13.2. The van der Waals surface area contributed by atoms with Crippen LogP contribution in [0.5, 0.6) is 0 Å². The topological polar surface area (TPSA) is 23.4 Å². The molecule has 0 spiro atoms. The van der Waals surface area contributed by atoms with E-state index in [0.29, 0.717) is 0 Å². The maximum absolute atomic E-state index is 6.44. The van der Waals surface area contributed by atoms with E-state index in [2.05, 4.69) is 202 Å². The maximum Gasteiger partial charge on any atom is 0.494 e. The minimum absolute atomic E-state index is 0.399. The molecule has 0 atom stereocenters. The van der Waals surface area contributed by atoms with Gasteiger partial charge in [-0.25, -0.2) is 0 Å². The lowest BCUT2D eigenvalue weighted by molar-refractivity contribution is 0.00578. The van der Waals surface area contributed by atoms with Gasteiger partial charge in [0, 0.05) is 16.5 Å². The van der Waals surface area contributed by atoms with Gasteiger partial charge in [-0.05, 0) is 102 Å². The fourth-order valence-corrected chi connectivity index (χ4v) is 8.84. The summed E-state index contributed by atoms with van der Waals surface area (Å²) in [5, 5.41) is 2.47. The van der Waals surface area contributed by atoms with Gasteiger partial charge < -0.3 is 13.9 Å². The molecular formula is C49H40BNO2. The lowest BCUT2D eigenvalue weighted by Crippen LogP contribution is -2.41. The van der Waals surface area contributed by atoms with Gasteiger partial charge in [-0.1, -0.05) is 146 Å². The molecule has 7 aromatic carbocycles. The molecule has 0 saturated carbocycles. The monoisotopic (exact) mass is 685 g/mol. The van der Waals surface area contributed by atoms with Crippen LogP contribution in [0.1, 0.15) is 49.9 Å². The van der Waals surface area contributed by atoms with Gasteiger partial charge in [0.2, 0.25) is 0 Å². The van der Waals surface area contributed by atoms with Gasteiger partial charge in [-0.3, -0.25) is 0 Å². The van der Waals surface area contributed by atoms with Crippen molar-refractivity contribution in [1.82, 2.24) is 4.57 Å². The normalized spacial score (nSPS) is 16.6. The molecule has 1 aromatic heterocycles. The first-order valence-corrected chi connectivity index (χ1v) is 18.6. The first kappa shape index (κ1) is 32.0. The van der Waals surface area contributed by atoms with Crippen LogP contribution in [0.2, 0.25) is 0 Å². The molecule has 1 fully saturated rings. The molecule has 3 nitrogen and oxygen atoms in total. The molecule has 0 radical (unpaired) electrons. The molecule has 10 rings (SSSR count). The van der Waals surface area contributed by atoms with Crippen LogP contribution in [0, 0.1) is 0 Å². The van der Waals surface area contributed by atoms with Crippen LogP contribution >= 0.6 is 0 Å². The van der Waals surface area contributed by atoms with E-state index in [1.165, 1.54) is 55.2 Å². The maximum atomic E-state index is 6.44. The van der Waals surface area contributed by atoms with Crippen LogP contribution in [0.25, 0.3) is 49.7 Å². The second-order valence-electron chi connectivity index (χ2n) is 15.6. The highest BCUT2D eigenvalue weighted by Gasteiger charge is 2.52. The average Bonchev–Trinajstić information content (AvgIpc) is 3.76. The van der Waals surface area contributed by atoms with Crippen molar-refractivity contribution in [2.45, 2.75) is 44.3 Å². The zero-order valence-electron chi connectivity index (χ0n) is 30.5. The number of hydrogen-bond donors (Lipinski definition) is 0. The van der Waals surface area contributed by atoms with E-state index in [1.54, 1.807) is 0 Å². The molecule has 256 valence electrons. The summed E-state index contributed by atoms with van der Waals surface area (Å²) in [7, 11) is -0.417. The Morgan fingerprint density at radius 1 is 0.453 bits per heavy atom. The first-order valence-electron chi connectivity index (χ1n) is 18.6. The van der Waals surface area contributed by atoms with Gasteiger partial charge in [-0.15, -0.1) is 0 Å². The molecule has 0 amide bonds. The van der Waals surface area contributed by atoms with Gasteiger partial charge >= 0.3 is 7.12 Å². The van der Waals surface area contributed by atoms with Crippen LogP contribution in [0.4, 0.5) is 0 Å². The van der Waals surface area contributed by atoms with E-state index in [1.807, 2.05) is 0 Å². The predicted octanol–water partition coefficient (Wildman–Crippen LogP) is 11.1. The summed E-state index contributed by atoms with van der Waals surface area (Å²) in [4.78, 5) is 0.